The first-order chi connectivity index (χ1) is 8.42. The Morgan fingerprint density at radius 3 is 2.78 bits per heavy atom. The highest BCUT2D eigenvalue weighted by atomic mass is 16.6. The van der Waals surface area contributed by atoms with Crippen LogP contribution in [0.3, 0.4) is 0 Å². The fourth-order valence-corrected chi connectivity index (χ4v) is 3.53. The monoisotopic (exact) mass is 246 g/mol. The Bertz CT molecular complexity index is 496. The van der Waals surface area contributed by atoms with E-state index in [1.807, 2.05) is 32.9 Å². The Morgan fingerprint density at radius 1 is 1.33 bits per heavy atom. The van der Waals surface area contributed by atoms with E-state index in [0.717, 1.165) is 24.0 Å². The van der Waals surface area contributed by atoms with Crippen molar-refractivity contribution in [2.45, 2.75) is 39.7 Å². The third-order valence-corrected chi connectivity index (χ3v) is 4.47. The molecular formula is C15H18O3. The molecule has 3 unspecified atom stereocenters. The summed E-state index contributed by atoms with van der Waals surface area (Å²) in [6.07, 6.45) is 5.39. The molecule has 1 saturated heterocycles. The van der Waals surface area contributed by atoms with Gasteiger partial charge in [-0.1, -0.05) is 26.0 Å². The molecule has 3 rings (SSSR count). The smallest absolute Gasteiger partial charge is 0.310 e. The quantitative estimate of drug-likeness (QED) is 0.616. The second-order valence-corrected chi connectivity index (χ2v) is 6.20. The number of hydrogen-bond donors (Lipinski definition) is 0. The lowest BCUT2D eigenvalue weighted by Crippen LogP contribution is -2.30. The van der Waals surface area contributed by atoms with Crippen molar-refractivity contribution < 1.29 is 14.3 Å². The molecule has 96 valence electrons. The second-order valence-electron chi connectivity index (χ2n) is 6.20. The topological polar surface area (TPSA) is 43.4 Å². The summed E-state index contributed by atoms with van der Waals surface area (Å²) in [6, 6.07) is 0. The van der Waals surface area contributed by atoms with Crippen molar-refractivity contribution in [3.63, 3.8) is 0 Å². The van der Waals surface area contributed by atoms with Crippen LogP contribution in [0.2, 0.25) is 0 Å². The zero-order chi connectivity index (χ0) is 13.1. The fourth-order valence-electron chi connectivity index (χ4n) is 3.53. The third kappa shape index (κ3) is 1.43. The molecule has 0 aromatic rings. The number of carbonyl (C=O) groups is 2. The van der Waals surface area contributed by atoms with Crippen LogP contribution in [0.1, 0.15) is 33.6 Å². The molecule has 3 atom stereocenters. The molecule has 2 aliphatic carbocycles. The normalized spacial score (nSPS) is 37.4. The van der Waals surface area contributed by atoms with E-state index in [9.17, 15) is 9.59 Å². The first-order valence-electron chi connectivity index (χ1n) is 6.56. The lowest BCUT2D eigenvalue weighted by molar-refractivity contribution is -0.146. The molecule has 0 N–H and O–H groups in total. The predicted octanol–water partition coefficient (Wildman–Crippen LogP) is 2.42. The van der Waals surface area contributed by atoms with E-state index in [1.54, 1.807) is 0 Å². The largest absolute Gasteiger partial charge is 0.461 e. The summed E-state index contributed by atoms with van der Waals surface area (Å²) in [5.41, 5.74) is 1.37. The highest BCUT2D eigenvalue weighted by molar-refractivity contribution is 6.09. The summed E-state index contributed by atoms with van der Waals surface area (Å²) in [4.78, 5) is 24.3. The van der Waals surface area contributed by atoms with E-state index in [1.165, 1.54) is 0 Å². The number of rotatable bonds is 0. The number of ether oxygens (including phenoxy) is 1. The maximum atomic E-state index is 12.4. The van der Waals surface area contributed by atoms with Crippen molar-refractivity contribution in [3.8, 4) is 0 Å². The number of esters is 1. The minimum Gasteiger partial charge on any atom is -0.461 e. The molecule has 3 aliphatic rings. The predicted molar refractivity (Wildman–Crippen MR) is 66.7 cm³/mol. The lowest BCUT2D eigenvalue weighted by atomic mass is 9.77. The molecule has 1 fully saturated rings. The Balaban J connectivity index is 2.12. The van der Waals surface area contributed by atoms with Gasteiger partial charge in [0, 0.05) is 16.9 Å². The van der Waals surface area contributed by atoms with Gasteiger partial charge in [0.2, 0.25) is 0 Å². The molecular weight excluding hydrogens is 228 g/mol. The maximum Gasteiger partial charge on any atom is 0.310 e. The van der Waals surface area contributed by atoms with Gasteiger partial charge in [0.25, 0.3) is 0 Å². The van der Waals surface area contributed by atoms with E-state index in [2.05, 4.69) is 0 Å². The zero-order valence-electron chi connectivity index (χ0n) is 11.0. The summed E-state index contributed by atoms with van der Waals surface area (Å²) >= 11 is 0. The molecule has 0 radical (unpaired) electrons. The molecule has 1 aliphatic heterocycles. The average Bonchev–Trinajstić information content (AvgIpc) is 2.73. The van der Waals surface area contributed by atoms with Crippen LogP contribution in [-0.4, -0.2) is 17.9 Å². The van der Waals surface area contributed by atoms with Crippen molar-refractivity contribution in [1.82, 2.24) is 0 Å². The van der Waals surface area contributed by atoms with Crippen molar-refractivity contribution in [1.29, 1.82) is 0 Å². The Morgan fingerprint density at radius 2 is 2.06 bits per heavy atom. The van der Waals surface area contributed by atoms with Crippen LogP contribution < -0.4 is 0 Å². The van der Waals surface area contributed by atoms with Crippen molar-refractivity contribution in [2.75, 3.05) is 0 Å². The molecule has 3 nitrogen and oxygen atoms in total. The highest BCUT2D eigenvalue weighted by Crippen LogP contribution is 2.52. The van der Waals surface area contributed by atoms with Gasteiger partial charge >= 0.3 is 5.97 Å². The minimum absolute atomic E-state index is 0.0244. The van der Waals surface area contributed by atoms with Crippen LogP contribution in [-0.2, 0) is 14.3 Å². The summed E-state index contributed by atoms with van der Waals surface area (Å²) in [7, 11) is 0. The molecule has 0 aromatic carbocycles. The number of carbonyl (C=O) groups excluding carboxylic acids is 2. The van der Waals surface area contributed by atoms with Gasteiger partial charge in [-0.25, -0.2) is 0 Å². The van der Waals surface area contributed by atoms with Gasteiger partial charge < -0.3 is 4.74 Å². The van der Waals surface area contributed by atoms with Crippen LogP contribution in [0.15, 0.2) is 23.3 Å². The van der Waals surface area contributed by atoms with Gasteiger partial charge in [0.1, 0.15) is 6.10 Å². The molecule has 0 bridgehead atoms. The van der Waals surface area contributed by atoms with Gasteiger partial charge in [0.15, 0.2) is 5.78 Å². The molecule has 0 saturated carbocycles. The van der Waals surface area contributed by atoms with E-state index >= 15 is 0 Å². The highest BCUT2D eigenvalue weighted by Gasteiger charge is 2.56. The molecule has 3 heteroatoms. The second kappa shape index (κ2) is 3.56. The van der Waals surface area contributed by atoms with Crippen LogP contribution in [0, 0.1) is 17.3 Å². The van der Waals surface area contributed by atoms with Crippen LogP contribution in [0.4, 0.5) is 0 Å². The summed E-state index contributed by atoms with van der Waals surface area (Å²) < 4.78 is 5.54. The van der Waals surface area contributed by atoms with E-state index in [-0.39, 0.29) is 35.1 Å². The standard InChI is InChI=1S/C15H18O3/c1-8-5-4-6-9-11-10(12(8)16)7-15(2,3)13(11)18-14(9)17/h5,7,9,11,13H,4,6H2,1-3H3. The first-order valence-corrected chi connectivity index (χ1v) is 6.56. The number of allylic oxidation sites excluding steroid dienone is 2. The first kappa shape index (κ1) is 11.7. The fraction of sp³-hybridized carbons (Fsp3) is 0.600. The Hall–Kier alpha value is -1.38. The zero-order valence-corrected chi connectivity index (χ0v) is 11.0. The number of hydrogen-bond acceptors (Lipinski definition) is 3. The lowest BCUT2D eigenvalue weighted by Gasteiger charge is -2.25. The molecule has 18 heavy (non-hydrogen) atoms. The van der Waals surface area contributed by atoms with E-state index in [4.69, 9.17) is 4.74 Å². The molecule has 0 spiro atoms. The molecule has 1 heterocycles. The summed E-state index contributed by atoms with van der Waals surface area (Å²) in [6.45, 7) is 5.94. The number of ketones is 1. The molecule has 0 amide bonds. The minimum atomic E-state index is -0.231. The van der Waals surface area contributed by atoms with Crippen molar-refractivity contribution in [2.24, 2.45) is 17.3 Å². The van der Waals surface area contributed by atoms with Gasteiger partial charge in [-0.2, -0.15) is 0 Å². The van der Waals surface area contributed by atoms with Crippen LogP contribution >= 0.6 is 0 Å². The van der Waals surface area contributed by atoms with Crippen molar-refractivity contribution in [3.05, 3.63) is 23.3 Å². The SMILES string of the molecule is CC1=CCCC2C(=O)OC3C2C(=CC3(C)C)C1=O. The third-order valence-electron chi connectivity index (χ3n) is 4.47. The Labute approximate surface area is 107 Å². The van der Waals surface area contributed by atoms with Gasteiger partial charge in [-0.05, 0) is 25.3 Å². The molecule has 0 aromatic heterocycles. The van der Waals surface area contributed by atoms with E-state index in [0.29, 0.717) is 0 Å². The van der Waals surface area contributed by atoms with Gasteiger partial charge in [-0.15, -0.1) is 0 Å². The number of Topliss-reactive ketones (excluding diaryl/α,β-unsaturated/α-hetero) is 1. The van der Waals surface area contributed by atoms with Gasteiger partial charge in [0.05, 0.1) is 5.92 Å². The maximum absolute atomic E-state index is 12.4. The van der Waals surface area contributed by atoms with Crippen LogP contribution in [0.5, 0.6) is 0 Å². The van der Waals surface area contributed by atoms with Crippen LogP contribution in [0.25, 0.3) is 0 Å². The average molecular weight is 246 g/mol. The van der Waals surface area contributed by atoms with Gasteiger partial charge in [-0.3, -0.25) is 9.59 Å². The summed E-state index contributed by atoms with van der Waals surface area (Å²) in [5, 5.41) is 0. The van der Waals surface area contributed by atoms with E-state index < -0.39 is 0 Å². The van der Waals surface area contributed by atoms with Crippen molar-refractivity contribution >= 4 is 11.8 Å². The Kier molecular flexibility index (Phi) is 2.31. The summed E-state index contributed by atoms with van der Waals surface area (Å²) in [5.74, 6) is -0.178.